The van der Waals surface area contributed by atoms with Crippen molar-refractivity contribution in [1.29, 1.82) is 0 Å². The number of anilines is 2. The maximum atomic E-state index is 4.66. The fraction of sp³-hybridized carbons (Fsp3) is 0.421. The Morgan fingerprint density at radius 3 is 2.46 bits per heavy atom. The molecular formula is C19H24N8S. The second-order valence-electron chi connectivity index (χ2n) is 6.66. The van der Waals surface area contributed by atoms with E-state index in [0.717, 1.165) is 18.8 Å². The molecule has 1 N–H and O–H groups in total. The molecule has 0 bridgehead atoms. The third-order valence-electron chi connectivity index (χ3n) is 4.61. The Labute approximate surface area is 168 Å². The zero-order valence-electron chi connectivity index (χ0n) is 16.0. The van der Waals surface area contributed by atoms with Crippen molar-refractivity contribution in [2.45, 2.75) is 36.6 Å². The summed E-state index contributed by atoms with van der Waals surface area (Å²) in [5, 5.41) is 8.28. The summed E-state index contributed by atoms with van der Waals surface area (Å²) in [5.41, 5.74) is 1.24. The van der Waals surface area contributed by atoms with E-state index in [1.54, 1.807) is 22.8 Å². The van der Waals surface area contributed by atoms with E-state index in [4.69, 9.17) is 0 Å². The highest BCUT2D eigenvalue weighted by Crippen LogP contribution is 2.21. The van der Waals surface area contributed by atoms with Gasteiger partial charge >= 0.3 is 0 Å². The predicted molar refractivity (Wildman–Crippen MR) is 111 cm³/mol. The van der Waals surface area contributed by atoms with Crippen LogP contribution >= 0.6 is 11.8 Å². The summed E-state index contributed by atoms with van der Waals surface area (Å²) in [6, 6.07) is 10.3. The highest BCUT2D eigenvalue weighted by Gasteiger charge is 2.16. The van der Waals surface area contributed by atoms with Crippen molar-refractivity contribution in [3.05, 3.63) is 42.2 Å². The molecule has 9 heteroatoms. The first kappa shape index (κ1) is 18.7. The molecule has 0 saturated carbocycles. The van der Waals surface area contributed by atoms with Gasteiger partial charge in [-0.25, -0.2) is 4.98 Å². The Bertz CT molecular complexity index is 890. The van der Waals surface area contributed by atoms with Crippen LogP contribution in [-0.2, 0) is 5.75 Å². The molecule has 1 aromatic carbocycles. The minimum Gasteiger partial charge on any atom is -0.357 e. The lowest BCUT2D eigenvalue weighted by Crippen LogP contribution is -2.27. The summed E-state index contributed by atoms with van der Waals surface area (Å²) in [7, 11) is 1.81. The van der Waals surface area contributed by atoms with Crippen LogP contribution in [-0.4, -0.2) is 49.9 Å². The van der Waals surface area contributed by atoms with Gasteiger partial charge in [0.05, 0.1) is 0 Å². The molecule has 8 nitrogen and oxygen atoms in total. The van der Waals surface area contributed by atoms with Crippen LogP contribution in [0.3, 0.4) is 0 Å². The number of thioether (sulfide) groups is 1. The lowest BCUT2D eigenvalue weighted by Gasteiger charge is -2.20. The Hall–Kier alpha value is -2.68. The zero-order chi connectivity index (χ0) is 19.2. The first-order chi connectivity index (χ1) is 13.8. The van der Waals surface area contributed by atoms with Crippen LogP contribution < -0.4 is 10.2 Å². The topological polar surface area (TPSA) is 84.7 Å². The number of aromatic nitrogens is 6. The molecule has 4 rings (SSSR count). The average molecular weight is 397 g/mol. The lowest BCUT2D eigenvalue weighted by molar-refractivity contribution is 0.726. The fourth-order valence-electron chi connectivity index (χ4n) is 3.11. The minimum absolute atomic E-state index is 0.484. The maximum Gasteiger partial charge on any atom is 0.258 e. The molecule has 2 aromatic heterocycles. The molecule has 0 spiro atoms. The van der Waals surface area contributed by atoms with E-state index in [0.29, 0.717) is 23.0 Å². The van der Waals surface area contributed by atoms with E-state index in [9.17, 15) is 0 Å². The smallest absolute Gasteiger partial charge is 0.258 e. The van der Waals surface area contributed by atoms with Gasteiger partial charge in [0.25, 0.3) is 5.95 Å². The van der Waals surface area contributed by atoms with Crippen molar-refractivity contribution in [1.82, 2.24) is 29.7 Å². The molecule has 0 radical (unpaired) electrons. The van der Waals surface area contributed by atoms with Crippen LogP contribution in [0.1, 0.15) is 31.2 Å². The van der Waals surface area contributed by atoms with Crippen molar-refractivity contribution in [2.24, 2.45) is 0 Å². The summed E-state index contributed by atoms with van der Waals surface area (Å²) >= 11 is 1.59. The number of rotatable bonds is 6. The van der Waals surface area contributed by atoms with Crippen molar-refractivity contribution in [3.63, 3.8) is 0 Å². The van der Waals surface area contributed by atoms with E-state index >= 15 is 0 Å². The molecule has 1 fully saturated rings. The molecule has 28 heavy (non-hydrogen) atoms. The molecule has 1 saturated heterocycles. The van der Waals surface area contributed by atoms with Gasteiger partial charge in [-0.15, -0.1) is 5.10 Å². The van der Waals surface area contributed by atoms with Crippen LogP contribution in [0.2, 0.25) is 0 Å². The van der Waals surface area contributed by atoms with Gasteiger partial charge in [0.1, 0.15) is 6.33 Å². The highest BCUT2D eigenvalue weighted by molar-refractivity contribution is 7.98. The quantitative estimate of drug-likeness (QED) is 0.636. The summed E-state index contributed by atoms with van der Waals surface area (Å²) in [5.74, 6) is 2.55. The van der Waals surface area contributed by atoms with Crippen LogP contribution in [0.15, 0.2) is 41.8 Å². The molecule has 0 amide bonds. The first-order valence-electron chi connectivity index (χ1n) is 9.59. The number of benzene rings is 1. The molecule has 1 aliphatic heterocycles. The summed E-state index contributed by atoms with van der Waals surface area (Å²) < 4.78 is 1.62. The predicted octanol–water partition coefficient (Wildman–Crippen LogP) is 3.17. The monoisotopic (exact) mass is 396 g/mol. The molecule has 0 unspecified atom stereocenters. The molecule has 0 aliphatic carbocycles. The van der Waals surface area contributed by atoms with Gasteiger partial charge in [0.15, 0.2) is 0 Å². The van der Waals surface area contributed by atoms with Gasteiger partial charge in [-0.2, -0.15) is 19.6 Å². The Kier molecular flexibility index (Phi) is 6.01. The molecule has 3 aromatic rings. The highest BCUT2D eigenvalue weighted by atomic mass is 32.2. The van der Waals surface area contributed by atoms with E-state index in [-0.39, 0.29) is 0 Å². The van der Waals surface area contributed by atoms with Gasteiger partial charge in [0, 0.05) is 25.9 Å². The Morgan fingerprint density at radius 1 is 0.964 bits per heavy atom. The Morgan fingerprint density at radius 2 is 1.71 bits per heavy atom. The van der Waals surface area contributed by atoms with E-state index in [2.05, 4.69) is 47.4 Å². The van der Waals surface area contributed by atoms with Crippen molar-refractivity contribution < 1.29 is 0 Å². The maximum absolute atomic E-state index is 4.66. The van der Waals surface area contributed by atoms with Gasteiger partial charge in [-0.1, -0.05) is 54.9 Å². The number of nitrogens with zero attached hydrogens (tertiary/aromatic N) is 7. The van der Waals surface area contributed by atoms with Crippen molar-refractivity contribution >= 4 is 23.7 Å². The minimum atomic E-state index is 0.484. The van der Waals surface area contributed by atoms with Crippen LogP contribution in [0, 0.1) is 0 Å². The van der Waals surface area contributed by atoms with E-state index in [1.165, 1.54) is 31.2 Å². The van der Waals surface area contributed by atoms with E-state index in [1.807, 2.05) is 25.2 Å². The molecule has 1 aliphatic rings. The molecular weight excluding hydrogens is 372 g/mol. The van der Waals surface area contributed by atoms with Crippen LogP contribution in [0.5, 0.6) is 0 Å². The fourth-order valence-corrected chi connectivity index (χ4v) is 3.87. The summed E-state index contributed by atoms with van der Waals surface area (Å²) in [6.07, 6.45) is 6.52. The lowest BCUT2D eigenvalue weighted by atomic mass is 10.2. The molecule has 0 atom stereocenters. The first-order valence-corrected chi connectivity index (χ1v) is 10.6. The SMILES string of the molecule is CNc1nc(N2CCCCCC2)nc(-n2cnc(SCc3ccccc3)n2)n1. The van der Waals surface area contributed by atoms with Crippen LogP contribution in [0.25, 0.3) is 5.95 Å². The number of hydrogen-bond donors (Lipinski definition) is 1. The standard InChI is InChI=1S/C19H24N8S/c1-20-16-22-17(26-11-7-2-3-8-12-26)24-18(23-16)27-14-21-19(25-27)28-13-15-9-5-4-6-10-15/h4-6,9-10,14H,2-3,7-8,11-13H2,1H3,(H,20,22,23,24). The zero-order valence-corrected chi connectivity index (χ0v) is 16.8. The van der Waals surface area contributed by atoms with Gasteiger partial charge in [-0.05, 0) is 18.4 Å². The van der Waals surface area contributed by atoms with Gasteiger partial charge < -0.3 is 10.2 Å². The summed E-state index contributed by atoms with van der Waals surface area (Å²) in [4.78, 5) is 20.3. The largest absolute Gasteiger partial charge is 0.357 e. The second kappa shape index (κ2) is 9.01. The van der Waals surface area contributed by atoms with E-state index < -0.39 is 0 Å². The van der Waals surface area contributed by atoms with Crippen molar-refractivity contribution in [2.75, 3.05) is 30.4 Å². The van der Waals surface area contributed by atoms with Crippen LogP contribution in [0.4, 0.5) is 11.9 Å². The summed E-state index contributed by atoms with van der Waals surface area (Å²) in [6.45, 7) is 1.95. The average Bonchev–Trinajstić information content (AvgIpc) is 3.06. The van der Waals surface area contributed by atoms with Gasteiger partial charge in [-0.3, -0.25) is 0 Å². The molecule has 3 heterocycles. The second-order valence-corrected chi connectivity index (χ2v) is 7.60. The number of nitrogens with one attached hydrogen (secondary N) is 1. The van der Waals surface area contributed by atoms with Crippen molar-refractivity contribution in [3.8, 4) is 5.95 Å². The van der Waals surface area contributed by atoms with Gasteiger partial charge in [0.2, 0.25) is 17.1 Å². The number of hydrogen-bond acceptors (Lipinski definition) is 8. The normalized spacial score (nSPS) is 14.7. The molecule has 146 valence electrons. The Balaban J connectivity index is 1.53. The third-order valence-corrected chi connectivity index (χ3v) is 5.53. The third kappa shape index (κ3) is 4.59.